The second-order valence-corrected chi connectivity index (χ2v) is 5.41. The normalized spacial score (nSPS) is 11.3. The number of nitrogen functional groups attached to an aromatic ring is 1. The number of rotatable bonds is 8. The molecule has 110 valence electrons. The molecule has 20 heavy (non-hydrogen) atoms. The number of hydrogen-bond acceptors (Lipinski definition) is 4. The Morgan fingerprint density at radius 3 is 2.55 bits per heavy atom. The Hall–Kier alpha value is -1.65. The molecular formula is C15H25N5. The van der Waals surface area contributed by atoms with Crippen LogP contribution in [0.1, 0.15) is 63.1 Å². The van der Waals surface area contributed by atoms with Gasteiger partial charge in [0.2, 0.25) is 0 Å². The number of nitrogens with zero attached hydrogens (tertiary/aromatic N) is 4. The van der Waals surface area contributed by atoms with Gasteiger partial charge in [-0.15, -0.1) is 0 Å². The van der Waals surface area contributed by atoms with Crippen molar-refractivity contribution in [3.8, 4) is 0 Å². The molecule has 2 rings (SSSR count). The van der Waals surface area contributed by atoms with Gasteiger partial charge in [-0.25, -0.2) is 4.98 Å². The summed E-state index contributed by atoms with van der Waals surface area (Å²) in [7, 11) is 0. The third kappa shape index (κ3) is 3.46. The average molecular weight is 275 g/mol. The SMILES string of the molecule is CCCCCCCCCc1nc2ncnn2c(N)c1C. The summed E-state index contributed by atoms with van der Waals surface area (Å²) in [6.07, 6.45) is 11.6. The molecule has 0 saturated heterocycles. The van der Waals surface area contributed by atoms with Crippen molar-refractivity contribution < 1.29 is 0 Å². The molecule has 0 atom stereocenters. The second-order valence-electron chi connectivity index (χ2n) is 5.41. The molecule has 0 spiro atoms. The Morgan fingerprint density at radius 2 is 1.80 bits per heavy atom. The minimum Gasteiger partial charge on any atom is -0.383 e. The van der Waals surface area contributed by atoms with Gasteiger partial charge in [-0.05, 0) is 19.8 Å². The Labute approximate surface area is 120 Å². The van der Waals surface area contributed by atoms with Gasteiger partial charge in [0.25, 0.3) is 5.78 Å². The molecular weight excluding hydrogens is 250 g/mol. The van der Waals surface area contributed by atoms with E-state index in [4.69, 9.17) is 5.73 Å². The molecule has 2 heterocycles. The van der Waals surface area contributed by atoms with Gasteiger partial charge in [0.15, 0.2) is 0 Å². The monoisotopic (exact) mass is 275 g/mol. The maximum atomic E-state index is 6.07. The number of nitrogens with two attached hydrogens (primary N) is 1. The van der Waals surface area contributed by atoms with E-state index in [0.717, 1.165) is 17.7 Å². The van der Waals surface area contributed by atoms with Crippen LogP contribution in [0.5, 0.6) is 0 Å². The summed E-state index contributed by atoms with van der Waals surface area (Å²) in [5, 5.41) is 4.08. The van der Waals surface area contributed by atoms with E-state index in [1.807, 2.05) is 6.92 Å². The first-order chi connectivity index (χ1) is 9.74. The topological polar surface area (TPSA) is 69.1 Å². The standard InChI is InChI=1S/C15H25N5/c1-3-4-5-6-7-8-9-10-13-12(2)14(16)20-15(19-13)17-11-18-20/h11H,3-10,16H2,1-2H3. The fraction of sp³-hybridized carbons (Fsp3) is 0.667. The first-order valence-corrected chi connectivity index (χ1v) is 7.68. The summed E-state index contributed by atoms with van der Waals surface area (Å²) in [5.41, 5.74) is 8.17. The minimum atomic E-state index is 0.603. The highest BCUT2D eigenvalue weighted by Gasteiger charge is 2.10. The van der Waals surface area contributed by atoms with Crippen LogP contribution in [0.15, 0.2) is 6.33 Å². The summed E-state index contributed by atoms with van der Waals surface area (Å²) in [6.45, 7) is 4.26. The highest BCUT2D eigenvalue weighted by Crippen LogP contribution is 2.17. The molecule has 0 aliphatic heterocycles. The summed E-state index contributed by atoms with van der Waals surface area (Å²) in [5.74, 6) is 1.26. The minimum absolute atomic E-state index is 0.603. The van der Waals surface area contributed by atoms with Crippen molar-refractivity contribution in [1.29, 1.82) is 0 Å². The van der Waals surface area contributed by atoms with Crippen LogP contribution < -0.4 is 5.73 Å². The van der Waals surface area contributed by atoms with Crippen LogP contribution in [0, 0.1) is 6.92 Å². The zero-order valence-corrected chi connectivity index (χ0v) is 12.6. The number of hydrogen-bond donors (Lipinski definition) is 1. The third-order valence-electron chi connectivity index (χ3n) is 3.83. The van der Waals surface area contributed by atoms with Crippen molar-refractivity contribution >= 4 is 11.6 Å². The van der Waals surface area contributed by atoms with Crippen molar-refractivity contribution in [2.45, 2.75) is 65.2 Å². The quantitative estimate of drug-likeness (QED) is 0.750. The third-order valence-corrected chi connectivity index (χ3v) is 3.83. The van der Waals surface area contributed by atoms with Crippen molar-refractivity contribution in [3.63, 3.8) is 0 Å². The van der Waals surface area contributed by atoms with Gasteiger partial charge in [-0.2, -0.15) is 14.6 Å². The lowest BCUT2D eigenvalue weighted by molar-refractivity contribution is 0.586. The molecule has 5 nitrogen and oxygen atoms in total. The first-order valence-electron chi connectivity index (χ1n) is 7.68. The first kappa shape index (κ1) is 14.8. The summed E-state index contributed by atoms with van der Waals surface area (Å²) < 4.78 is 1.60. The fourth-order valence-corrected chi connectivity index (χ4v) is 2.49. The predicted octanol–water partition coefficient (Wildman–Crippen LogP) is 3.31. The van der Waals surface area contributed by atoms with Crippen molar-refractivity contribution in [2.75, 3.05) is 5.73 Å². The van der Waals surface area contributed by atoms with Crippen LogP contribution in [0.3, 0.4) is 0 Å². The van der Waals surface area contributed by atoms with E-state index in [1.54, 1.807) is 4.52 Å². The lowest BCUT2D eigenvalue weighted by Crippen LogP contribution is -2.07. The Kier molecular flexibility index (Phi) is 5.32. The number of unbranched alkanes of at least 4 members (excludes halogenated alkanes) is 6. The van der Waals surface area contributed by atoms with Gasteiger partial charge in [0.05, 0.1) is 5.69 Å². The maximum Gasteiger partial charge on any atom is 0.254 e. The van der Waals surface area contributed by atoms with Gasteiger partial charge in [0, 0.05) is 5.56 Å². The van der Waals surface area contributed by atoms with E-state index in [-0.39, 0.29) is 0 Å². The molecule has 0 aromatic carbocycles. The van der Waals surface area contributed by atoms with Crippen molar-refractivity contribution in [1.82, 2.24) is 19.6 Å². The highest BCUT2D eigenvalue weighted by atomic mass is 15.3. The Balaban J connectivity index is 1.85. The smallest absolute Gasteiger partial charge is 0.254 e. The second kappa shape index (κ2) is 7.22. The van der Waals surface area contributed by atoms with Crippen LogP contribution >= 0.6 is 0 Å². The van der Waals surface area contributed by atoms with Gasteiger partial charge in [0.1, 0.15) is 12.1 Å². The maximum absolute atomic E-state index is 6.07. The van der Waals surface area contributed by atoms with Gasteiger partial charge < -0.3 is 5.73 Å². The number of aromatic nitrogens is 4. The van der Waals surface area contributed by atoms with Crippen molar-refractivity contribution in [2.24, 2.45) is 0 Å². The predicted molar refractivity (Wildman–Crippen MR) is 81.6 cm³/mol. The van der Waals surface area contributed by atoms with E-state index in [0.29, 0.717) is 11.6 Å². The molecule has 0 aliphatic rings. The molecule has 2 aromatic rings. The van der Waals surface area contributed by atoms with E-state index in [1.165, 1.54) is 51.3 Å². The summed E-state index contributed by atoms with van der Waals surface area (Å²) in [4.78, 5) is 8.67. The lowest BCUT2D eigenvalue weighted by Gasteiger charge is -2.08. The Bertz CT molecular complexity index is 546. The lowest BCUT2D eigenvalue weighted by atomic mass is 10.1. The van der Waals surface area contributed by atoms with Crippen LogP contribution in [0.2, 0.25) is 0 Å². The number of anilines is 1. The average Bonchev–Trinajstić information content (AvgIpc) is 2.91. The van der Waals surface area contributed by atoms with E-state index in [9.17, 15) is 0 Å². The summed E-state index contributed by atoms with van der Waals surface area (Å²) >= 11 is 0. The van der Waals surface area contributed by atoms with E-state index in [2.05, 4.69) is 22.0 Å². The van der Waals surface area contributed by atoms with Crippen molar-refractivity contribution in [3.05, 3.63) is 17.6 Å². The largest absolute Gasteiger partial charge is 0.383 e. The fourth-order valence-electron chi connectivity index (χ4n) is 2.49. The van der Waals surface area contributed by atoms with E-state index < -0.39 is 0 Å². The van der Waals surface area contributed by atoms with Crippen LogP contribution in [0.4, 0.5) is 5.82 Å². The number of fused-ring (bicyclic) bond motifs is 1. The van der Waals surface area contributed by atoms with Gasteiger partial charge in [-0.3, -0.25) is 0 Å². The Morgan fingerprint density at radius 1 is 1.10 bits per heavy atom. The molecule has 2 aromatic heterocycles. The molecule has 0 bridgehead atoms. The summed E-state index contributed by atoms with van der Waals surface area (Å²) in [6, 6.07) is 0. The van der Waals surface area contributed by atoms with E-state index >= 15 is 0 Å². The molecule has 0 aliphatic carbocycles. The zero-order valence-electron chi connectivity index (χ0n) is 12.6. The molecule has 0 radical (unpaired) electrons. The molecule has 0 amide bonds. The molecule has 0 fully saturated rings. The van der Waals surface area contributed by atoms with Crippen LogP contribution in [-0.4, -0.2) is 19.6 Å². The highest BCUT2D eigenvalue weighted by molar-refractivity contribution is 5.48. The van der Waals surface area contributed by atoms with Crippen LogP contribution in [0.25, 0.3) is 5.78 Å². The van der Waals surface area contributed by atoms with Gasteiger partial charge in [-0.1, -0.05) is 45.4 Å². The van der Waals surface area contributed by atoms with Crippen LogP contribution in [-0.2, 0) is 6.42 Å². The zero-order chi connectivity index (χ0) is 14.4. The molecule has 2 N–H and O–H groups in total. The molecule has 0 unspecified atom stereocenters. The molecule has 5 heteroatoms. The van der Waals surface area contributed by atoms with Gasteiger partial charge >= 0.3 is 0 Å². The number of aryl methyl sites for hydroxylation is 1. The molecule has 0 saturated carbocycles.